The van der Waals surface area contributed by atoms with Gasteiger partial charge in [0.1, 0.15) is 0 Å². The SMILES string of the molecule is O=C(/C=C/c1ccc(C2CCCN2Cc2ccccc2)cc1)NO. The molecule has 1 heterocycles. The highest BCUT2D eigenvalue weighted by molar-refractivity contribution is 5.90. The maximum atomic E-state index is 11.0. The van der Waals surface area contributed by atoms with Gasteiger partial charge in [-0.3, -0.25) is 14.9 Å². The van der Waals surface area contributed by atoms with Crippen LogP contribution in [0.15, 0.2) is 60.7 Å². The summed E-state index contributed by atoms with van der Waals surface area (Å²) >= 11 is 0. The molecule has 1 unspecified atom stereocenters. The normalized spacial score (nSPS) is 18.1. The minimum Gasteiger partial charge on any atom is -0.292 e. The smallest absolute Gasteiger partial charge is 0.267 e. The summed E-state index contributed by atoms with van der Waals surface area (Å²) in [7, 11) is 0. The fourth-order valence-corrected chi connectivity index (χ4v) is 3.25. The van der Waals surface area contributed by atoms with Gasteiger partial charge in [0.25, 0.3) is 5.91 Å². The van der Waals surface area contributed by atoms with E-state index in [4.69, 9.17) is 5.21 Å². The van der Waals surface area contributed by atoms with Crippen molar-refractivity contribution >= 4 is 12.0 Å². The van der Waals surface area contributed by atoms with E-state index in [2.05, 4.69) is 41.3 Å². The van der Waals surface area contributed by atoms with Gasteiger partial charge < -0.3 is 0 Å². The Morgan fingerprint density at radius 3 is 2.62 bits per heavy atom. The van der Waals surface area contributed by atoms with Gasteiger partial charge in [0, 0.05) is 18.7 Å². The van der Waals surface area contributed by atoms with Crippen molar-refractivity contribution in [1.29, 1.82) is 0 Å². The van der Waals surface area contributed by atoms with Gasteiger partial charge in [-0.15, -0.1) is 0 Å². The number of rotatable bonds is 5. The number of hydrogen-bond donors (Lipinski definition) is 2. The Kier molecular flexibility index (Phi) is 5.41. The highest BCUT2D eigenvalue weighted by Gasteiger charge is 2.25. The van der Waals surface area contributed by atoms with Crippen LogP contribution in [0.5, 0.6) is 0 Å². The van der Waals surface area contributed by atoms with Crippen molar-refractivity contribution in [2.75, 3.05) is 6.54 Å². The Hall–Kier alpha value is -2.43. The molecule has 0 radical (unpaired) electrons. The van der Waals surface area contributed by atoms with Crippen molar-refractivity contribution in [3.05, 3.63) is 77.4 Å². The van der Waals surface area contributed by atoms with Gasteiger partial charge in [-0.05, 0) is 42.2 Å². The first-order valence-corrected chi connectivity index (χ1v) is 8.26. The standard InChI is InChI=1S/C20H22N2O2/c23-20(21-24)13-10-16-8-11-18(12-9-16)19-7-4-14-22(19)15-17-5-2-1-3-6-17/h1-3,5-6,8-13,19,24H,4,7,14-15H2,(H,21,23)/b13-10+. The fraction of sp³-hybridized carbons (Fsp3) is 0.250. The first kappa shape index (κ1) is 16.4. The molecule has 24 heavy (non-hydrogen) atoms. The van der Waals surface area contributed by atoms with E-state index in [1.165, 1.54) is 30.0 Å². The van der Waals surface area contributed by atoms with Gasteiger partial charge in [-0.25, -0.2) is 5.48 Å². The third-order valence-electron chi connectivity index (χ3n) is 4.45. The van der Waals surface area contributed by atoms with E-state index >= 15 is 0 Å². The zero-order chi connectivity index (χ0) is 16.8. The van der Waals surface area contributed by atoms with Crippen LogP contribution >= 0.6 is 0 Å². The summed E-state index contributed by atoms with van der Waals surface area (Å²) in [6.45, 7) is 2.10. The van der Waals surface area contributed by atoms with Crippen molar-refractivity contribution in [1.82, 2.24) is 10.4 Å². The molecule has 0 aromatic heterocycles. The molecule has 0 spiro atoms. The molecule has 2 aromatic carbocycles. The molecule has 2 aromatic rings. The maximum Gasteiger partial charge on any atom is 0.267 e. The number of nitrogens with zero attached hydrogens (tertiary/aromatic N) is 1. The van der Waals surface area contributed by atoms with Crippen LogP contribution < -0.4 is 5.48 Å². The fourth-order valence-electron chi connectivity index (χ4n) is 3.25. The maximum absolute atomic E-state index is 11.0. The second kappa shape index (κ2) is 7.90. The lowest BCUT2D eigenvalue weighted by atomic mass is 10.0. The number of likely N-dealkylation sites (tertiary alicyclic amines) is 1. The first-order chi connectivity index (χ1) is 11.8. The number of amides is 1. The molecular weight excluding hydrogens is 300 g/mol. The Bertz CT molecular complexity index is 695. The van der Waals surface area contributed by atoms with Gasteiger partial charge in [0.05, 0.1) is 0 Å². The quantitative estimate of drug-likeness (QED) is 0.503. The molecule has 0 aliphatic carbocycles. The summed E-state index contributed by atoms with van der Waals surface area (Å²) < 4.78 is 0. The first-order valence-electron chi connectivity index (χ1n) is 8.26. The van der Waals surface area contributed by atoms with Gasteiger partial charge >= 0.3 is 0 Å². The lowest BCUT2D eigenvalue weighted by Crippen LogP contribution is -2.22. The summed E-state index contributed by atoms with van der Waals surface area (Å²) in [6.07, 6.45) is 5.39. The van der Waals surface area contributed by atoms with E-state index in [1.54, 1.807) is 11.6 Å². The predicted octanol–water partition coefficient (Wildman–Crippen LogP) is 3.54. The van der Waals surface area contributed by atoms with Crippen LogP contribution in [0.1, 0.15) is 35.6 Å². The summed E-state index contributed by atoms with van der Waals surface area (Å²) in [6, 6.07) is 19.3. The summed E-state index contributed by atoms with van der Waals surface area (Å²) in [5.41, 5.74) is 5.19. The summed E-state index contributed by atoms with van der Waals surface area (Å²) in [5.74, 6) is -0.524. The zero-order valence-corrected chi connectivity index (χ0v) is 13.6. The Morgan fingerprint density at radius 1 is 1.17 bits per heavy atom. The number of hydroxylamine groups is 1. The summed E-state index contributed by atoms with van der Waals surface area (Å²) in [5, 5.41) is 8.49. The van der Waals surface area contributed by atoms with E-state index in [0.29, 0.717) is 6.04 Å². The zero-order valence-electron chi connectivity index (χ0n) is 13.6. The molecular formula is C20H22N2O2. The van der Waals surface area contributed by atoms with Crippen molar-refractivity contribution in [3.63, 3.8) is 0 Å². The highest BCUT2D eigenvalue weighted by atomic mass is 16.5. The lowest BCUT2D eigenvalue weighted by molar-refractivity contribution is -0.124. The van der Waals surface area contributed by atoms with Crippen LogP contribution in [0, 0.1) is 0 Å². The highest BCUT2D eigenvalue weighted by Crippen LogP contribution is 2.33. The number of benzene rings is 2. The molecule has 0 bridgehead atoms. The minimum absolute atomic E-state index is 0.448. The number of carbonyl (C=O) groups is 1. The lowest BCUT2D eigenvalue weighted by Gasteiger charge is -2.25. The van der Waals surface area contributed by atoms with Gasteiger partial charge in [0.15, 0.2) is 0 Å². The number of carbonyl (C=O) groups excluding carboxylic acids is 1. The topological polar surface area (TPSA) is 52.6 Å². The average Bonchev–Trinajstić information content (AvgIpc) is 3.09. The summed E-state index contributed by atoms with van der Waals surface area (Å²) in [4.78, 5) is 13.6. The second-order valence-electron chi connectivity index (χ2n) is 6.09. The van der Waals surface area contributed by atoms with Crippen LogP contribution in [0.25, 0.3) is 6.08 Å². The van der Waals surface area contributed by atoms with Crippen molar-refractivity contribution in [2.24, 2.45) is 0 Å². The van der Waals surface area contributed by atoms with Gasteiger partial charge in [-0.1, -0.05) is 54.6 Å². The molecule has 3 rings (SSSR count). The third kappa shape index (κ3) is 4.10. The van der Waals surface area contributed by atoms with Crippen molar-refractivity contribution < 1.29 is 10.0 Å². The van der Waals surface area contributed by atoms with Crippen LogP contribution in [-0.2, 0) is 11.3 Å². The van der Waals surface area contributed by atoms with E-state index < -0.39 is 5.91 Å². The Labute approximate surface area is 142 Å². The Morgan fingerprint density at radius 2 is 1.92 bits per heavy atom. The molecule has 4 nitrogen and oxygen atoms in total. The van der Waals surface area contributed by atoms with Crippen LogP contribution in [0.3, 0.4) is 0 Å². The number of hydrogen-bond acceptors (Lipinski definition) is 3. The average molecular weight is 322 g/mol. The number of nitrogens with one attached hydrogen (secondary N) is 1. The van der Waals surface area contributed by atoms with Crippen LogP contribution in [-0.4, -0.2) is 22.6 Å². The molecule has 4 heteroatoms. The second-order valence-corrected chi connectivity index (χ2v) is 6.09. The molecule has 1 atom stereocenters. The van der Waals surface area contributed by atoms with Crippen molar-refractivity contribution in [2.45, 2.75) is 25.4 Å². The molecule has 2 N–H and O–H groups in total. The third-order valence-corrected chi connectivity index (χ3v) is 4.45. The van der Waals surface area contributed by atoms with Crippen LogP contribution in [0.4, 0.5) is 0 Å². The molecule has 1 amide bonds. The van der Waals surface area contributed by atoms with Gasteiger partial charge in [0.2, 0.25) is 0 Å². The molecule has 124 valence electrons. The van der Waals surface area contributed by atoms with E-state index in [0.717, 1.165) is 18.7 Å². The monoisotopic (exact) mass is 322 g/mol. The molecule has 1 fully saturated rings. The molecule has 1 aliphatic heterocycles. The van der Waals surface area contributed by atoms with E-state index in [9.17, 15) is 4.79 Å². The predicted molar refractivity (Wildman–Crippen MR) is 94.2 cm³/mol. The minimum atomic E-state index is -0.524. The molecule has 1 saturated heterocycles. The van der Waals surface area contributed by atoms with E-state index in [1.807, 2.05) is 18.2 Å². The van der Waals surface area contributed by atoms with Crippen LogP contribution in [0.2, 0.25) is 0 Å². The largest absolute Gasteiger partial charge is 0.292 e. The molecule has 1 aliphatic rings. The van der Waals surface area contributed by atoms with Crippen molar-refractivity contribution in [3.8, 4) is 0 Å². The van der Waals surface area contributed by atoms with Gasteiger partial charge in [-0.2, -0.15) is 0 Å². The Balaban J connectivity index is 1.68. The van der Waals surface area contributed by atoms with E-state index in [-0.39, 0.29) is 0 Å². The molecule has 0 saturated carbocycles.